The van der Waals surface area contributed by atoms with Gasteiger partial charge in [-0.25, -0.2) is 18.2 Å². The van der Waals surface area contributed by atoms with Gasteiger partial charge in [-0.15, -0.1) is 0 Å². The molecule has 0 saturated carbocycles. The highest BCUT2D eigenvalue weighted by Gasteiger charge is 2.34. The maximum Gasteiger partial charge on any atom is 0.275 e. The molecule has 1 atom stereocenters. The van der Waals surface area contributed by atoms with Crippen LogP contribution in [0.4, 0.5) is 13.2 Å². The van der Waals surface area contributed by atoms with E-state index in [1.165, 1.54) is 31.5 Å². The van der Waals surface area contributed by atoms with Crippen LogP contribution < -0.4 is 4.74 Å². The number of nitrogens with zero attached hydrogens (tertiary/aromatic N) is 2. The van der Waals surface area contributed by atoms with Gasteiger partial charge in [0.25, 0.3) is 5.92 Å². The van der Waals surface area contributed by atoms with E-state index in [1.807, 2.05) is 0 Å². The van der Waals surface area contributed by atoms with Crippen molar-refractivity contribution in [1.82, 2.24) is 4.98 Å². The van der Waals surface area contributed by atoms with E-state index in [0.717, 1.165) is 6.92 Å². The summed E-state index contributed by atoms with van der Waals surface area (Å²) in [7, 11) is 1.28. The highest BCUT2D eigenvalue weighted by Crippen LogP contribution is 2.39. The van der Waals surface area contributed by atoms with Crippen LogP contribution in [0.2, 0.25) is 0 Å². The lowest BCUT2D eigenvalue weighted by atomic mass is 9.78. The van der Waals surface area contributed by atoms with Crippen molar-refractivity contribution in [3.05, 3.63) is 58.5 Å². The lowest BCUT2D eigenvalue weighted by Crippen LogP contribution is -2.24. The summed E-state index contributed by atoms with van der Waals surface area (Å²) >= 11 is 0. The van der Waals surface area contributed by atoms with Gasteiger partial charge in [-0.2, -0.15) is 0 Å². The highest BCUT2D eigenvalue weighted by atomic mass is 19.3. The first-order valence-corrected chi connectivity index (χ1v) is 7.78. The Kier molecular flexibility index (Phi) is 4.41. The number of fused-ring (bicyclic) bond motifs is 1. The van der Waals surface area contributed by atoms with E-state index in [-0.39, 0.29) is 23.0 Å². The summed E-state index contributed by atoms with van der Waals surface area (Å²) in [5, 5.41) is 12.8. The first kappa shape index (κ1) is 17.3. The molecule has 1 heterocycles. The second-order valence-corrected chi connectivity index (χ2v) is 6.06. The van der Waals surface area contributed by atoms with Crippen LogP contribution in [0.1, 0.15) is 41.5 Å². The molecule has 0 bridgehead atoms. The molecule has 2 aromatic rings. The minimum absolute atomic E-state index is 0.152. The van der Waals surface area contributed by atoms with Gasteiger partial charge >= 0.3 is 0 Å². The number of alkyl halides is 2. The molecule has 0 saturated heterocycles. The molecule has 1 unspecified atom stereocenters. The topological polar surface area (TPSA) is 54.7 Å². The second kappa shape index (κ2) is 6.38. The molecule has 1 N–H and O–H groups in total. The normalized spacial score (nSPS) is 18.9. The van der Waals surface area contributed by atoms with Crippen molar-refractivity contribution in [2.24, 2.45) is 5.16 Å². The third kappa shape index (κ3) is 3.06. The molecule has 0 fully saturated rings. The molecule has 0 aliphatic heterocycles. The van der Waals surface area contributed by atoms with E-state index in [4.69, 9.17) is 4.74 Å². The van der Waals surface area contributed by atoms with Gasteiger partial charge in [0.05, 0.1) is 18.4 Å². The first-order chi connectivity index (χ1) is 11.9. The number of aromatic nitrogens is 1. The number of rotatable bonds is 3. The maximum atomic E-state index is 14.0. The van der Waals surface area contributed by atoms with Gasteiger partial charge in [-0.3, -0.25) is 0 Å². The fourth-order valence-electron chi connectivity index (χ4n) is 3.25. The zero-order valence-corrected chi connectivity index (χ0v) is 13.8. The lowest BCUT2D eigenvalue weighted by Gasteiger charge is -2.27. The number of ether oxygens (including phenoxy) is 1. The predicted octanol–water partition coefficient (Wildman–Crippen LogP) is 4.25. The highest BCUT2D eigenvalue weighted by molar-refractivity contribution is 6.06. The number of benzene rings is 1. The zero-order chi connectivity index (χ0) is 18.2. The van der Waals surface area contributed by atoms with Crippen LogP contribution >= 0.6 is 0 Å². The summed E-state index contributed by atoms with van der Waals surface area (Å²) < 4.78 is 46.6. The van der Waals surface area contributed by atoms with Crippen molar-refractivity contribution >= 4 is 5.71 Å². The second-order valence-electron chi connectivity index (χ2n) is 6.06. The van der Waals surface area contributed by atoms with Crippen molar-refractivity contribution < 1.29 is 23.1 Å². The summed E-state index contributed by atoms with van der Waals surface area (Å²) in [5.41, 5.74) is 1.33. The number of pyridine rings is 1. The zero-order valence-electron chi connectivity index (χ0n) is 13.8. The van der Waals surface area contributed by atoms with Crippen LogP contribution in [0.15, 0.2) is 35.6 Å². The Morgan fingerprint density at radius 2 is 2.12 bits per heavy atom. The first-order valence-electron chi connectivity index (χ1n) is 7.78. The molecular formula is C18H17F3N2O2. The monoisotopic (exact) mass is 350 g/mol. The van der Waals surface area contributed by atoms with Gasteiger partial charge in [0.1, 0.15) is 5.82 Å². The molecule has 0 radical (unpaired) electrons. The molecule has 0 amide bonds. The summed E-state index contributed by atoms with van der Waals surface area (Å²) in [6, 6.07) is 5.84. The lowest BCUT2D eigenvalue weighted by molar-refractivity contribution is 0.0143. The van der Waals surface area contributed by atoms with Crippen molar-refractivity contribution in [3.8, 4) is 5.88 Å². The van der Waals surface area contributed by atoms with Gasteiger partial charge in [0, 0.05) is 24.6 Å². The van der Waals surface area contributed by atoms with E-state index in [2.05, 4.69) is 10.1 Å². The fourth-order valence-corrected chi connectivity index (χ4v) is 3.25. The summed E-state index contributed by atoms with van der Waals surface area (Å²) in [5.74, 6) is -4.12. The van der Waals surface area contributed by atoms with E-state index in [0.29, 0.717) is 29.5 Å². The Bertz CT molecular complexity index is 832. The Morgan fingerprint density at radius 3 is 2.76 bits per heavy atom. The van der Waals surface area contributed by atoms with Crippen molar-refractivity contribution in [2.75, 3.05) is 7.11 Å². The Morgan fingerprint density at radius 1 is 1.36 bits per heavy atom. The van der Waals surface area contributed by atoms with E-state index in [1.54, 1.807) is 6.07 Å². The Labute approximate surface area is 143 Å². The Balaban J connectivity index is 2.08. The Hall–Kier alpha value is -2.57. The standard InChI is InChI=1S/C18H17F3N2O2/c1-18(20,21)14-8-10(9-22-17(14)25-2)11-6-7-12-13(16(11)23-24)4-3-5-15(12)19/h3-5,8-9,11,24H,6-7H2,1-2H3/b23-16-. The number of hydrogen-bond acceptors (Lipinski definition) is 4. The number of methoxy groups -OCH3 is 1. The average Bonchev–Trinajstić information content (AvgIpc) is 2.59. The average molecular weight is 350 g/mol. The number of oxime groups is 1. The molecule has 1 aromatic heterocycles. The maximum absolute atomic E-state index is 14.0. The summed E-state index contributed by atoms with van der Waals surface area (Å²) in [6.07, 6.45) is 2.26. The molecular weight excluding hydrogens is 333 g/mol. The fraction of sp³-hybridized carbons (Fsp3) is 0.333. The molecule has 7 heteroatoms. The summed E-state index contributed by atoms with van der Waals surface area (Å²) in [6.45, 7) is 0.767. The van der Waals surface area contributed by atoms with Crippen LogP contribution in [0.5, 0.6) is 5.88 Å². The number of halogens is 3. The largest absolute Gasteiger partial charge is 0.481 e. The predicted molar refractivity (Wildman–Crippen MR) is 86.1 cm³/mol. The van der Waals surface area contributed by atoms with Crippen molar-refractivity contribution in [3.63, 3.8) is 0 Å². The SMILES string of the molecule is COc1ncc(C2CCc3c(F)cccc3/C2=N\O)cc1C(C)(F)F. The van der Waals surface area contributed by atoms with Crippen molar-refractivity contribution in [2.45, 2.75) is 31.6 Å². The molecule has 1 aromatic carbocycles. The van der Waals surface area contributed by atoms with Gasteiger partial charge in [-0.05, 0) is 36.1 Å². The van der Waals surface area contributed by atoms with Gasteiger partial charge in [0.2, 0.25) is 5.88 Å². The smallest absolute Gasteiger partial charge is 0.275 e. The van der Waals surface area contributed by atoms with E-state index >= 15 is 0 Å². The third-order valence-corrected chi connectivity index (χ3v) is 4.46. The third-order valence-electron chi connectivity index (χ3n) is 4.46. The quantitative estimate of drug-likeness (QED) is 0.665. The molecule has 132 valence electrons. The minimum Gasteiger partial charge on any atom is -0.481 e. The minimum atomic E-state index is -3.14. The molecule has 4 nitrogen and oxygen atoms in total. The molecule has 3 rings (SSSR count). The summed E-state index contributed by atoms with van der Waals surface area (Å²) in [4.78, 5) is 3.97. The van der Waals surface area contributed by atoms with Crippen LogP contribution in [-0.4, -0.2) is 23.0 Å². The van der Waals surface area contributed by atoms with Crippen molar-refractivity contribution in [1.29, 1.82) is 0 Å². The van der Waals surface area contributed by atoms with Crippen LogP contribution in [-0.2, 0) is 12.3 Å². The van der Waals surface area contributed by atoms with Crippen LogP contribution in [0, 0.1) is 5.82 Å². The van der Waals surface area contributed by atoms with Gasteiger partial charge in [-0.1, -0.05) is 17.3 Å². The van der Waals surface area contributed by atoms with Crippen LogP contribution in [0.3, 0.4) is 0 Å². The molecule has 25 heavy (non-hydrogen) atoms. The van der Waals surface area contributed by atoms with Gasteiger partial charge in [0.15, 0.2) is 0 Å². The van der Waals surface area contributed by atoms with Crippen LogP contribution in [0.25, 0.3) is 0 Å². The molecule has 1 aliphatic carbocycles. The van der Waals surface area contributed by atoms with E-state index in [9.17, 15) is 18.4 Å². The number of hydrogen-bond donors (Lipinski definition) is 1. The van der Waals surface area contributed by atoms with Gasteiger partial charge < -0.3 is 9.94 Å². The van der Waals surface area contributed by atoms with E-state index < -0.39 is 11.8 Å². The molecule has 1 aliphatic rings. The molecule has 0 spiro atoms.